The summed E-state index contributed by atoms with van der Waals surface area (Å²) >= 11 is 0. The molecule has 1 atom stereocenters. The Kier molecular flexibility index (Phi) is 5.78. The number of hydrogen-bond donors (Lipinski definition) is 2. The van der Waals surface area contributed by atoms with Crippen LogP contribution in [0.3, 0.4) is 0 Å². The third kappa shape index (κ3) is 4.04. The van der Waals surface area contributed by atoms with Crippen LogP contribution in [0.2, 0.25) is 0 Å². The number of phenols is 1. The Hall–Kier alpha value is -3.02. The largest absolute Gasteiger partial charge is 0.508 e. The molecule has 6 nitrogen and oxygen atoms in total. The van der Waals surface area contributed by atoms with Gasteiger partial charge < -0.3 is 14.9 Å². The quantitative estimate of drug-likeness (QED) is 0.850. The minimum Gasteiger partial charge on any atom is -0.508 e. The van der Waals surface area contributed by atoms with Gasteiger partial charge in [0, 0.05) is 12.1 Å². The molecule has 1 amide bonds. The zero-order chi connectivity index (χ0) is 17.5. The highest BCUT2D eigenvalue weighted by Crippen LogP contribution is 2.29. The van der Waals surface area contributed by atoms with Gasteiger partial charge in [-0.2, -0.15) is 0 Å². The molecule has 2 aromatic rings. The highest BCUT2D eigenvalue weighted by atomic mass is 16.6. The van der Waals surface area contributed by atoms with Gasteiger partial charge in [0.1, 0.15) is 12.4 Å². The van der Waals surface area contributed by atoms with Crippen molar-refractivity contribution in [2.45, 2.75) is 19.6 Å². The molecule has 0 aliphatic rings. The number of ether oxygens (including phenoxy) is 1. The van der Waals surface area contributed by atoms with E-state index in [0.29, 0.717) is 0 Å². The lowest BCUT2D eigenvalue weighted by molar-refractivity contribution is -0.143. The molecule has 0 aromatic heterocycles. The van der Waals surface area contributed by atoms with Crippen molar-refractivity contribution in [2.75, 3.05) is 6.54 Å². The number of carbonyl (C=O) groups excluding carboxylic acids is 1. The Morgan fingerprint density at radius 3 is 2.29 bits per heavy atom. The van der Waals surface area contributed by atoms with Gasteiger partial charge in [0.25, 0.3) is 0 Å². The van der Waals surface area contributed by atoms with E-state index in [4.69, 9.17) is 4.74 Å². The van der Waals surface area contributed by atoms with E-state index in [2.05, 4.69) is 0 Å². The van der Waals surface area contributed by atoms with Gasteiger partial charge in [-0.3, -0.25) is 4.90 Å². The fourth-order valence-electron chi connectivity index (χ4n) is 2.37. The van der Waals surface area contributed by atoms with Crippen molar-refractivity contribution in [1.82, 2.24) is 4.90 Å². The van der Waals surface area contributed by atoms with Gasteiger partial charge >= 0.3 is 12.1 Å². The minimum absolute atomic E-state index is 0.0449. The molecule has 6 heteroatoms. The minimum atomic E-state index is -1.32. The van der Waals surface area contributed by atoms with E-state index in [1.807, 2.05) is 18.2 Å². The van der Waals surface area contributed by atoms with Crippen molar-refractivity contribution in [2.24, 2.45) is 0 Å². The van der Waals surface area contributed by atoms with E-state index in [9.17, 15) is 19.8 Å². The molecule has 0 bridgehead atoms. The number of likely N-dealkylation sites (N-methyl/N-ethyl adjacent to an activating group) is 1. The van der Waals surface area contributed by atoms with Gasteiger partial charge in [-0.15, -0.1) is 0 Å². The van der Waals surface area contributed by atoms with Crippen LogP contribution in [-0.4, -0.2) is 33.7 Å². The standard InChI is InChI=1S/C18H19NO5/c1-2-19(18(23)24-12-13-8-4-3-5-9-13)16(17(21)22)14-10-6-7-11-15(14)20/h3-11,16,20H,2,12H2,1H3,(H,21,22). The number of phenolic OH excluding ortho intramolecular Hbond substituents is 1. The smallest absolute Gasteiger partial charge is 0.411 e. The first kappa shape index (κ1) is 17.3. The van der Waals surface area contributed by atoms with Crippen LogP contribution in [0, 0.1) is 0 Å². The number of aromatic hydroxyl groups is 1. The molecule has 2 rings (SSSR count). The lowest BCUT2D eigenvalue weighted by Crippen LogP contribution is -2.39. The van der Waals surface area contributed by atoms with Crippen molar-refractivity contribution >= 4 is 12.1 Å². The van der Waals surface area contributed by atoms with E-state index >= 15 is 0 Å². The topological polar surface area (TPSA) is 87.1 Å². The maximum absolute atomic E-state index is 12.3. The Morgan fingerprint density at radius 1 is 1.08 bits per heavy atom. The fraction of sp³-hybridized carbons (Fsp3) is 0.222. The molecular formula is C18H19NO5. The van der Waals surface area contributed by atoms with E-state index in [1.54, 1.807) is 31.2 Å². The molecule has 2 N–H and O–H groups in total. The van der Waals surface area contributed by atoms with Crippen LogP contribution >= 0.6 is 0 Å². The zero-order valence-corrected chi connectivity index (χ0v) is 13.3. The molecule has 0 aliphatic heterocycles. The summed E-state index contributed by atoms with van der Waals surface area (Å²) in [5.41, 5.74) is 0.944. The highest BCUT2D eigenvalue weighted by molar-refractivity contribution is 5.82. The summed E-state index contributed by atoms with van der Waals surface area (Å²) in [6, 6.07) is 13.8. The Labute approximate surface area is 139 Å². The van der Waals surface area contributed by atoms with Gasteiger partial charge in [0.2, 0.25) is 0 Å². The Balaban J connectivity index is 2.18. The maximum Gasteiger partial charge on any atom is 0.411 e. The molecule has 0 aliphatic carbocycles. The lowest BCUT2D eigenvalue weighted by atomic mass is 10.0. The first-order valence-electron chi connectivity index (χ1n) is 7.52. The number of para-hydroxylation sites is 1. The van der Waals surface area contributed by atoms with Crippen LogP contribution in [0.1, 0.15) is 24.1 Å². The molecule has 2 aromatic carbocycles. The van der Waals surface area contributed by atoms with Crippen molar-refractivity contribution < 1.29 is 24.5 Å². The van der Waals surface area contributed by atoms with Crippen molar-refractivity contribution in [1.29, 1.82) is 0 Å². The van der Waals surface area contributed by atoms with E-state index in [-0.39, 0.29) is 24.5 Å². The lowest BCUT2D eigenvalue weighted by Gasteiger charge is -2.27. The van der Waals surface area contributed by atoms with Gasteiger partial charge in [0.05, 0.1) is 0 Å². The normalized spacial score (nSPS) is 11.5. The van der Waals surface area contributed by atoms with E-state index in [0.717, 1.165) is 10.5 Å². The predicted octanol–water partition coefficient (Wildman–Crippen LogP) is 3.18. The number of hydrogen-bond acceptors (Lipinski definition) is 4. The summed E-state index contributed by atoms with van der Waals surface area (Å²) in [5.74, 6) is -1.42. The summed E-state index contributed by atoms with van der Waals surface area (Å²) in [6.45, 7) is 1.82. The molecule has 24 heavy (non-hydrogen) atoms. The molecule has 126 valence electrons. The summed E-state index contributed by atoms with van der Waals surface area (Å²) in [6.07, 6.45) is -0.753. The second kappa shape index (κ2) is 8.01. The summed E-state index contributed by atoms with van der Waals surface area (Å²) in [5, 5.41) is 19.4. The fourth-order valence-corrected chi connectivity index (χ4v) is 2.37. The number of carboxylic acid groups (broad SMARTS) is 1. The van der Waals surface area contributed by atoms with Crippen LogP contribution in [-0.2, 0) is 16.1 Å². The first-order valence-corrected chi connectivity index (χ1v) is 7.52. The number of carboxylic acids is 1. The SMILES string of the molecule is CCN(C(=O)OCc1ccccc1)C(C(=O)O)c1ccccc1O. The summed E-state index contributed by atoms with van der Waals surface area (Å²) in [7, 11) is 0. The van der Waals surface area contributed by atoms with Crippen molar-refractivity contribution in [3.05, 3.63) is 65.7 Å². The number of rotatable bonds is 6. The number of benzene rings is 2. The van der Waals surface area contributed by atoms with Crippen LogP contribution < -0.4 is 0 Å². The molecule has 0 fully saturated rings. The molecule has 1 unspecified atom stereocenters. The average Bonchev–Trinajstić information content (AvgIpc) is 2.59. The van der Waals surface area contributed by atoms with Gasteiger partial charge in [0.15, 0.2) is 6.04 Å². The molecule has 0 saturated heterocycles. The van der Waals surface area contributed by atoms with Crippen molar-refractivity contribution in [3.8, 4) is 5.75 Å². The first-order chi connectivity index (χ1) is 11.5. The number of carbonyl (C=O) groups is 2. The average molecular weight is 329 g/mol. The monoisotopic (exact) mass is 329 g/mol. The van der Waals surface area contributed by atoms with Crippen LogP contribution in [0.5, 0.6) is 5.75 Å². The number of nitrogens with zero attached hydrogens (tertiary/aromatic N) is 1. The Morgan fingerprint density at radius 2 is 1.71 bits per heavy atom. The maximum atomic E-state index is 12.3. The summed E-state index contributed by atoms with van der Waals surface area (Å²) in [4.78, 5) is 25.1. The third-order valence-corrected chi connectivity index (χ3v) is 3.56. The molecule has 0 radical (unpaired) electrons. The van der Waals surface area contributed by atoms with Crippen LogP contribution in [0.15, 0.2) is 54.6 Å². The van der Waals surface area contributed by atoms with E-state index in [1.165, 1.54) is 12.1 Å². The second-order valence-corrected chi connectivity index (χ2v) is 5.13. The van der Waals surface area contributed by atoms with Gasteiger partial charge in [-0.25, -0.2) is 9.59 Å². The number of aliphatic carboxylic acids is 1. The van der Waals surface area contributed by atoms with E-state index < -0.39 is 18.1 Å². The summed E-state index contributed by atoms with van der Waals surface area (Å²) < 4.78 is 5.22. The zero-order valence-electron chi connectivity index (χ0n) is 13.3. The molecule has 0 spiro atoms. The van der Waals surface area contributed by atoms with Gasteiger partial charge in [-0.1, -0.05) is 48.5 Å². The predicted molar refractivity (Wildman–Crippen MR) is 87.5 cm³/mol. The second-order valence-electron chi connectivity index (χ2n) is 5.13. The number of amides is 1. The van der Waals surface area contributed by atoms with Crippen LogP contribution in [0.25, 0.3) is 0 Å². The third-order valence-electron chi connectivity index (χ3n) is 3.56. The molecular weight excluding hydrogens is 310 g/mol. The molecule has 0 heterocycles. The molecule has 0 saturated carbocycles. The Bertz CT molecular complexity index is 702. The van der Waals surface area contributed by atoms with Crippen molar-refractivity contribution in [3.63, 3.8) is 0 Å². The van der Waals surface area contributed by atoms with Crippen LogP contribution in [0.4, 0.5) is 4.79 Å². The highest BCUT2D eigenvalue weighted by Gasteiger charge is 2.33. The van der Waals surface area contributed by atoms with Gasteiger partial charge in [-0.05, 0) is 18.6 Å².